The van der Waals surface area contributed by atoms with Crippen molar-refractivity contribution in [1.82, 2.24) is 10.1 Å². The molecule has 0 aliphatic carbocycles. The fourth-order valence-electron chi connectivity index (χ4n) is 1.99. The summed E-state index contributed by atoms with van der Waals surface area (Å²) in [5.41, 5.74) is 0.685. The molecule has 1 N–H and O–H groups in total. The maximum Gasteiger partial charge on any atom is 0.343 e. The van der Waals surface area contributed by atoms with E-state index in [4.69, 9.17) is 16.1 Å². The second-order valence-electron chi connectivity index (χ2n) is 5.25. The summed E-state index contributed by atoms with van der Waals surface area (Å²) in [6, 6.07) is 6.78. The van der Waals surface area contributed by atoms with Gasteiger partial charge in [0.15, 0.2) is 17.1 Å². The number of aromatic nitrogens is 1. The summed E-state index contributed by atoms with van der Waals surface area (Å²) in [5, 5.41) is 14.0. The minimum atomic E-state index is -1.07. The van der Waals surface area contributed by atoms with Crippen molar-refractivity contribution in [2.45, 2.75) is 0 Å². The molecule has 1 heterocycles. The molecule has 0 amide bonds. The molecular formula is C15H18ClN3O3. The van der Waals surface area contributed by atoms with Gasteiger partial charge in [-0.1, -0.05) is 16.8 Å². The van der Waals surface area contributed by atoms with Crippen LogP contribution in [0, 0.1) is 0 Å². The minimum Gasteiger partial charge on any atom is -0.477 e. The van der Waals surface area contributed by atoms with E-state index < -0.39 is 5.97 Å². The van der Waals surface area contributed by atoms with Crippen LogP contribution in [0.2, 0.25) is 5.02 Å². The van der Waals surface area contributed by atoms with Crippen molar-refractivity contribution in [1.29, 1.82) is 0 Å². The van der Waals surface area contributed by atoms with Gasteiger partial charge in [-0.3, -0.25) is 0 Å². The van der Waals surface area contributed by atoms with Gasteiger partial charge in [0.25, 0.3) is 0 Å². The average Bonchev–Trinajstić information content (AvgIpc) is 2.90. The van der Waals surface area contributed by atoms with E-state index in [1.807, 2.05) is 19.0 Å². The average molecular weight is 324 g/mol. The van der Waals surface area contributed by atoms with Crippen molar-refractivity contribution in [3.63, 3.8) is 0 Å². The molecule has 0 spiro atoms. The molecule has 1 aromatic carbocycles. The fourth-order valence-corrected chi connectivity index (χ4v) is 2.12. The summed E-state index contributed by atoms with van der Waals surface area (Å²) in [7, 11) is 5.70. The number of anilines is 1. The number of halogens is 1. The molecule has 2 rings (SSSR count). The Labute approximate surface area is 133 Å². The third-order valence-electron chi connectivity index (χ3n) is 3.24. The maximum atomic E-state index is 11.6. The summed E-state index contributed by atoms with van der Waals surface area (Å²) in [4.78, 5) is 15.4. The lowest BCUT2D eigenvalue weighted by Crippen LogP contribution is -2.29. The number of nitrogens with zero attached hydrogens (tertiary/aromatic N) is 3. The van der Waals surface area contributed by atoms with Gasteiger partial charge in [0, 0.05) is 30.7 Å². The first-order valence-corrected chi connectivity index (χ1v) is 7.12. The summed E-state index contributed by atoms with van der Waals surface area (Å²) < 4.78 is 5.28. The highest BCUT2D eigenvalue weighted by Gasteiger charge is 2.26. The van der Waals surface area contributed by atoms with E-state index in [9.17, 15) is 9.90 Å². The van der Waals surface area contributed by atoms with Gasteiger partial charge in [-0.05, 0) is 38.4 Å². The number of carboxylic acids is 1. The molecule has 0 saturated carbocycles. The molecule has 118 valence electrons. The van der Waals surface area contributed by atoms with Gasteiger partial charge in [-0.15, -0.1) is 0 Å². The van der Waals surface area contributed by atoms with Crippen molar-refractivity contribution < 1.29 is 14.4 Å². The van der Waals surface area contributed by atoms with Gasteiger partial charge < -0.3 is 19.4 Å². The van der Waals surface area contributed by atoms with Crippen LogP contribution in [0.15, 0.2) is 28.8 Å². The van der Waals surface area contributed by atoms with Crippen LogP contribution in [0.1, 0.15) is 10.4 Å². The molecule has 7 heteroatoms. The van der Waals surface area contributed by atoms with E-state index in [0.717, 1.165) is 6.54 Å². The van der Waals surface area contributed by atoms with Crippen LogP contribution in [0.25, 0.3) is 11.3 Å². The molecule has 0 aliphatic heterocycles. The van der Waals surface area contributed by atoms with Crippen molar-refractivity contribution >= 4 is 23.4 Å². The third-order valence-corrected chi connectivity index (χ3v) is 3.49. The van der Waals surface area contributed by atoms with Crippen LogP contribution in [0.3, 0.4) is 0 Å². The number of aromatic carboxylic acids is 1. The summed E-state index contributed by atoms with van der Waals surface area (Å²) in [6.45, 7) is 1.42. The zero-order valence-corrected chi connectivity index (χ0v) is 13.5. The summed E-state index contributed by atoms with van der Waals surface area (Å²) in [6.07, 6.45) is 0. The highest BCUT2D eigenvalue weighted by Crippen LogP contribution is 2.31. The molecule has 0 fully saturated rings. The number of likely N-dealkylation sites (N-methyl/N-ethyl adjacent to an activating group) is 2. The first-order valence-electron chi connectivity index (χ1n) is 6.75. The topological polar surface area (TPSA) is 69.8 Å². The lowest BCUT2D eigenvalue weighted by Gasteiger charge is -2.19. The molecule has 0 unspecified atom stereocenters. The SMILES string of the molecule is CN(C)CCN(C)c1noc(-c2ccc(Cl)cc2)c1C(=O)O. The van der Waals surface area contributed by atoms with Crippen LogP contribution in [0.5, 0.6) is 0 Å². The molecule has 0 atom stereocenters. The largest absolute Gasteiger partial charge is 0.477 e. The van der Waals surface area contributed by atoms with Gasteiger partial charge >= 0.3 is 5.97 Å². The zero-order chi connectivity index (χ0) is 16.3. The molecule has 2 aromatic rings. The van der Waals surface area contributed by atoms with Crippen molar-refractivity contribution in [2.75, 3.05) is 39.1 Å². The first-order chi connectivity index (χ1) is 10.4. The Morgan fingerprint density at radius 3 is 2.41 bits per heavy atom. The molecule has 0 saturated heterocycles. The molecule has 1 aromatic heterocycles. The van der Waals surface area contributed by atoms with E-state index in [2.05, 4.69) is 5.16 Å². The molecule has 22 heavy (non-hydrogen) atoms. The molecular weight excluding hydrogens is 306 g/mol. The Kier molecular flexibility index (Phi) is 5.05. The standard InChI is InChI=1S/C15H18ClN3O3/c1-18(2)8-9-19(3)14-12(15(20)21)13(22-17-14)10-4-6-11(16)7-5-10/h4-7H,8-9H2,1-3H3,(H,20,21). The minimum absolute atomic E-state index is 0.0589. The van der Waals surface area contributed by atoms with Crippen LogP contribution in [-0.4, -0.2) is 55.4 Å². The van der Waals surface area contributed by atoms with Crippen LogP contribution >= 0.6 is 11.6 Å². The molecule has 0 bridgehead atoms. The molecule has 0 radical (unpaired) electrons. The van der Waals surface area contributed by atoms with E-state index in [-0.39, 0.29) is 11.3 Å². The Bertz CT molecular complexity index is 653. The van der Waals surface area contributed by atoms with Gasteiger partial charge in [0.2, 0.25) is 0 Å². The summed E-state index contributed by atoms with van der Waals surface area (Å²) in [5.74, 6) is -0.520. The number of benzene rings is 1. The van der Waals surface area contributed by atoms with Crippen molar-refractivity contribution in [3.05, 3.63) is 34.9 Å². The lowest BCUT2D eigenvalue weighted by atomic mass is 10.1. The van der Waals surface area contributed by atoms with Gasteiger partial charge in [-0.2, -0.15) is 0 Å². The van der Waals surface area contributed by atoms with Crippen molar-refractivity contribution in [3.8, 4) is 11.3 Å². The predicted molar refractivity (Wildman–Crippen MR) is 85.7 cm³/mol. The van der Waals surface area contributed by atoms with E-state index in [0.29, 0.717) is 22.9 Å². The van der Waals surface area contributed by atoms with Crippen molar-refractivity contribution in [2.24, 2.45) is 0 Å². The lowest BCUT2D eigenvalue weighted by molar-refractivity contribution is 0.0698. The Morgan fingerprint density at radius 2 is 1.86 bits per heavy atom. The fraction of sp³-hybridized carbons (Fsp3) is 0.333. The van der Waals surface area contributed by atoms with Gasteiger partial charge in [0.1, 0.15) is 0 Å². The Balaban J connectivity index is 2.37. The normalized spacial score (nSPS) is 11.0. The quantitative estimate of drug-likeness (QED) is 0.881. The van der Waals surface area contributed by atoms with Gasteiger partial charge in [-0.25, -0.2) is 4.79 Å². The number of rotatable bonds is 6. The Morgan fingerprint density at radius 1 is 1.23 bits per heavy atom. The van der Waals surface area contributed by atoms with Crippen LogP contribution in [-0.2, 0) is 0 Å². The number of hydrogen-bond acceptors (Lipinski definition) is 5. The molecule has 0 aliphatic rings. The van der Waals surface area contributed by atoms with Crippen LogP contribution < -0.4 is 4.90 Å². The maximum absolute atomic E-state index is 11.6. The third kappa shape index (κ3) is 3.58. The zero-order valence-electron chi connectivity index (χ0n) is 12.7. The number of carbonyl (C=O) groups is 1. The van der Waals surface area contributed by atoms with E-state index >= 15 is 0 Å². The van der Waals surface area contributed by atoms with Crippen LogP contribution in [0.4, 0.5) is 5.82 Å². The number of hydrogen-bond donors (Lipinski definition) is 1. The second-order valence-corrected chi connectivity index (χ2v) is 5.68. The van der Waals surface area contributed by atoms with E-state index in [1.54, 1.807) is 36.2 Å². The monoisotopic (exact) mass is 323 g/mol. The smallest absolute Gasteiger partial charge is 0.343 e. The highest BCUT2D eigenvalue weighted by atomic mass is 35.5. The highest BCUT2D eigenvalue weighted by molar-refractivity contribution is 6.30. The predicted octanol–water partition coefficient (Wildman–Crippen LogP) is 2.69. The number of carboxylic acid groups (broad SMARTS) is 1. The second kappa shape index (κ2) is 6.81. The Hall–Kier alpha value is -2.05. The van der Waals surface area contributed by atoms with E-state index in [1.165, 1.54) is 0 Å². The molecule has 6 nitrogen and oxygen atoms in total. The first kappa shape index (κ1) is 16.3. The summed E-state index contributed by atoms with van der Waals surface area (Å²) >= 11 is 5.85. The van der Waals surface area contributed by atoms with Gasteiger partial charge in [0.05, 0.1) is 0 Å².